The zero-order valence-corrected chi connectivity index (χ0v) is 64.7. The van der Waals surface area contributed by atoms with Gasteiger partial charge in [-0.25, -0.2) is 37.9 Å². The number of aryl methyl sites for hydroxylation is 2. The number of methoxy groups -OCH3 is 2. The number of hydrogen-bond acceptors (Lipinski definition) is 18. The molecule has 0 unspecified atom stereocenters. The highest BCUT2D eigenvalue weighted by atomic mass is 19.4. The first-order valence-electron chi connectivity index (χ1n) is 37.6. The highest BCUT2D eigenvalue weighted by Gasteiger charge is 2.46. The number of halogens is 6. The summed E-state index contributed by atoms with van der Waals surface area (Å²) in [4.78, 5) is 109. The first-order chi connectivity index (χ1) is 55.2. The number of rotatable bonds is 26. The highest BCUT2D eigenvalue weighted by molar-refractivity contribution is 6.04. The molecule has 32 heteroatoms. The number of aromatic carboxylic acids is 2. The van der Waals surface area contributed by atoms with E-state index < -0.39 is 88.2 Å². The van der Waals surface area contributed by atoms with E-state index in [1.54, 1.807) is 115 Å². The topological polar surface area (TPSA) is 304 Å². The summed E-state index contributed by atoms with van der Waals surface area (Å²) in [5, 5.41) is 41.5. The third-order valence-electron chi connectivity index (χ3n) is 21.4. The predicted octanol–water partition coefficient (Wildman–Crippen LogP) is 13.6. The van der Waals surface area contributed by atoms with Crippen LogP contribution in [0.2, 0.25) is 0 Å². The predicted molar refractivity (Wildman–Crippen MR) is 414 cm³/mol. The number of hydrogen-bond donors (Lipinski definition) is 4. The van der Waals surface area contributed by atoms with Gasteiger partial charge < -0.3 is 49.9 Å². The molecule has 4 aliphatic heterocycles. The van der Waals surface area contributed by atoms with Gasteiger partial charge in [-0.15, -0.1) is 0 Å². The van der Waals surface area contributed by atoms with E-state index in [-0.39, 0.29) is 79.6 Å². The SMILES string of the molecule is COC(=O)c1ccc([C@H](C)CC(=O)c2c(C(F)(F)F)nn3c2N(Cc2cccc(CN4CCn5nc(C)c(C(=O)N[C@@H](C)c6ccc(C(=O)OC)cc6)c54)c2)CC3)cc1.Cc1nn2c(c1C(=O)N[C@@H](C)c1ccc(C(=O)O)cc1)N(Cc1cccc(CN3CCn4nc(C(F)(F)F)c(C(=O)C[C@@H](C)c5ccc(C(=O)O)cc5)c43)c1)CC2. The molecule has 14 rings (SSSR count). The number of alkyl halides is 6. The first-order valence-corrected chi connectivity index (χ1v) is 37.6. The molecular weight excluding hydrogens is 1510 g/mol. The lowest BCUT2D eigenvalue weighted by Crippen LogP contribution is -2.29. The van der Waals surface area contributed by atoms with Crippen LogP contribution in [0.1, 0.15) is 215 Å². The van der Waals surface area contributed by atoms with E-state index in [9.17, 15) is 74.9 Å². The number of ketones is 2. The maximum atomic E-state index is 14.4. The molecule has 4 aliphatic rings. The van der Waals surface area contributed by atoms with Gasteiger partial charge in [0.2, 0.25) is 0 Å². The summed E-state index contributed by atoms with van der Waals surface area (Å²) >= 11 is 0. The van der Waals surface area contributed by atoms with Crippen LogP contribution in [0.3, 0.4) is 0 Å². The molecule has 6 aromatic carbocycles. The number of nitrogens with zero attached hydrogens (tertiary/aromatic N) is 12. The van der Waals surface area contributed by atoms with Crippen molar-refractivity contribution in [3.8, 4) is 0 Å². The number of nitrogens with one attached hydrogen (secondary N) is 2. The van der Waals surface area contributed by atoms with Gasteiger partial charge in [-0.2, -0.15) is 46.7 Å². The Labute approximate surface area is 662 Å². The van der Waals surface area contributed by atoms with Crippen molar-refractivity contribution in [1.82, 2.24) is 49.8 Å². The number of carbonyl (C=O) groups excluding carboxylic acids is 6. The van der Waals surface area contributed by atoms with E-state index in [1.807, 2.05) is 67.1 Å². The quantitative estimate of drug-likeness (QED) is 0.0222. The molecule has 0 bridgehead atoms. The van der Waals surface area contributed by atoms with Crippen LogP contribution >= 0.6 is 0 Å². The molecule has 10 aromatic rings. The second-order valence-electron chi connectivity index (χ2n) is 29.4. The number of carboxylic acid groups (broad SMARTS) is 2. The Morgan fingerprint density at radius 2 is 0.672 bits per heavy atom. The number of aromatic nitrogens is 8. The summed E-state index contributed by atoms with van der Waals surface area (Å²) in [5.74, 6) is -4.38. The van der Waals surface area contributed by atoms with Gasteiger partial charge in [0.05, 0.1) is 97.3 Å². The van der Waals surface area contributed by atoms with E-state index in [0.29, 0.717) is 109 Å². The van der Waals surface area contributed by atoms with Gasteiger partial charge in [0.25, 0.3) is 11.8 Å². The van der Waals surface area contributed by atoms with Crippen molar-refractivity contribution in [2.24, 2.45) is 0 Å². The first kappa shape index (κ1) is 81.1. The number of carboxylic acids is 2. The van der Waals surface area contributed by atoms with Gasteiger partial charge in [-0.3, -0.25) is 19.2 Å². The minimum Gasteiger partial charge on any atom is -0.478 e. The Balaban J connectivity index is 0.000000202. The maximum Gasteiger partial charge on any atom is 0.435 e. The number of esters is 2. The maximum absolute atomic E-state index is 14.4. The van der Waals surface area contributed by atoms with Crippen molar-refractivity contribution < 1.29 is 84.4 Å². The lowest BCUT2D eigenvalue weighted by molar-refractivity contribution is -0.142. The fourth-order valence-electron chi connectivity index (χ4n) is 15.5. The molecule has 0 saturated carbocycles. The molecule has 2 amide bonds. The lowest BCUT2D eigenvalue weighted by atomic mass is 9.92. The van der Waals surface area contributed by atoms with Crippen molar-refractivity contribution in [3.05, 3.63) is 257 Å². The van der Waals surface area contributed by atoms with E-state index >= 15 is 0 Å². The highest BCUT2D eigenvalue weighted by Crippen LogP contribution is 2.43. The fourth-order valence-corrected chi connectivity index (χ4v) is 15.5. The number of amides is 2. The summed E-state index contributed by atoms with van der Waals surface area (Å²) in [5.41, 5.74) is 6.02. The van der Waals surface area contributed by atoms with E-state index in [0.717, 1.165) is 33.4 Å². The molecule has 0 aliphatic carbocycles. The van der Waals surface area contributed by atoms with Crippen LogP contribution in [0.15, 0.2) is 146 Å². The second kappa shape index (κ2) is 33.3. The van der Waals surface area contributed by atoms with Crippen LogP contribution in [-0.2, 0) is 74.2 Å². The van der Waals surface area contributed by atoms with E-state index in [2.05, 4.69) is 40.8 Å². The van der Waals surface area contributed by atoms with Crippen LogP contribution in [0.25, 0.3) is 0 Å². The Morgan fingerprint density at radius 1 is 0.397 bits per heavy atom. The van der Waals surface area contributed by atoms with Gasteiger partial charge >= 0.3 is 36.2 Å². The zero-order chi connectivity index (χ0) is 82.9. The third-order valence-corrected chi connectivity index (χ3v) is 21.4. The molecule has 0 fully saturated rings. The molecule has 116 heavy (non-hydrogen) atoms. The molecule has 604 valence electrons. The van der Waals surface area contributed by atoms with E-state index in [4.69, 9.17) is 9.47 Å². The molecule has 26 nitrogen and oxygen atoms in total. The van der Waals surface area contributed by atoms with Crippen LogP contribution in [0, 0.1) is 13.8 Å². The van der Waals surface area contributed by atoms with Crippen LogP contribution in [0.4, 0.5) is 49.6 Å². The summed E-state index contributed by atoms with van der Waals surface area (Å²) in [7, 11) is 2.59. The van der Waals surface area contributed by atoms with Gasteiger partial charge in [-0.05, 0) is 133 Å². The standard InChI is InChI=1S/C43H44F3N7O6.C41H40F3N7O6/c1-25(30-9-13-32(14-10-30)41(56)58-4)21-34(54)36-37(43(44,45)46)49-53-20-18-51(40(36)53)24-29-8-6-7-28(22-29)23-50-17-19-52-39(50)35(27(3)48-52)38(55)47-26(2)31-11-15-33(16-12-31)42(57)59-5;1-23(28-7-11-30(12-8-28)39(54)55)19-32(52)34-35(41(42,43)44)47-51-18-16-49(38(34)51)22-27-6-4-5-26(20-27)21-48-15-17-50-37(48)33(25(3)46-50)36(53)45-24(2)29-9-13-31(14-10-29)40(56)57/h6-16,22,25-26H,17-21,23-24H2,1-5H3,(H,47,55);4-14,20,23-24H,15-19,21-22H2,1-3H3,(H,45,53)(H,54,55)(H,56,57)/t25-,26+;23-,24+/m11/s1. The molecule has 8 heterocycles. The number of fused-ring (bicyclic) bond motifs is 4. The monoisotopic (exact) mass is 1590 g/mol. The van der Waals surface area contributed by atoms with Crippen molar-refractivity contribution in [2.75, 3.05) is 60.0 Å². The van der Waals surface area contributed by atoms with Crippen molar-refractivity contribution in [2.45, 2.75) is 143 Å². The van der Waals surface area contributed by atoms with Gasteiger partial charge in [-0.1, -0.05) is 111 Å². The summed E-state index contributed by atoms with van der Waals surface area (Å²) in [6, 6.07) is 40.1. The normalized spacial score (nSPS) is 14.5. The smallest absolute Gasteiger partial charge is 0.435 e. The summed E-state index contributed by atoms with van der Waals surface area (Å²) in [6.07, 6.45) is -10.1. The van der Waals surface area contributed by atoms with Crippen molar-refractivity contribution in [1.29, 1.82) is 0 Å². The van der Waals surface area contributed by atoms with Gasteiger partial charge in [0.1, 0.15) is 34.4 Å². The number of anilines is 4. The average Bonchev–Trinajstić information content (AvgIpc) is 1.60. The largest absolute Gasteiger partial charge is 0.478 e. The fraction of sp³-hybridized carbons (Fsp3) is 0.333. The summed E-state index contributed by atoms with van der Waals surface area (Å²) < 4.78 is 102. The molecule has 0 spiro atoms. The molecule has 0 saturated heterocycles. The zero-order valence-electron chi connectivity index (χ0n) is 64.7. The van der Waals surface area contributed by atoms with E-state index in [1.165, 1.54) is 47.8 Å². The number of benzene rings is 6. The van der Waals surface area contributed by atoms with Crippen molar-refractivity contribution >= 4 is 70.5 Å². The Kier molecular flexibility index (Phi) is 23.3. The Bertz CT molecular complexity index is 5440. The third kappa shape index (κ3) is 17.1. The minimum atomic E-state index is -4.86. The van der Waals surface area contributed by atoms with Crippen molar-refractivity contribution in [3.63, 3.8) is 0 Å². The minimum absolute atomic E-state index is 0.0653. The van der Waals surface area contributed by atoms with Crippen LogP contribution < -0.4 is 30.2 Å². The average molecular weight is 1600 g/mol. The van der Waals surface area contributed by atoms with Gasteiger partial charge in [0.15, 0.2) is 23.0 Å². The van der Waals surface area contributed by atoms with Gasteiger partial charge in [0, 0.05) is 65.2 Å². The lowest BCUT2D eigenvalue weighted by Gasteiger charge is -2.22. The molecule has 4 N–H and O–H groups in total. The molecule has 0 radical (unpaired) electrons. The van der Waals surface area contributed by atoms with Crippen LogP contribution in [-0.4, -0.2) is 137 Å². The molecule has 4 atom stereocenters. The molecular formula is C84H84F6N14O12. The van der Waals surface area contributed by atoms with Crippen LogP contribution in [0.5, 0.6) is 0 Å². The Morgan fingerprint density at radius 3 is 0.957 bits per heavy atom. The number of ether oxygens (including phenoxy) is 2. The second-order valence-corrected chi connectivity index (χ2v) is 29.4. The Hall–Kier alpha value is -12.9. The number of carbonyl (C=O) groups is 8. The summed E-state index contributed by atoms with van der Waals surface area (Å²) in [6.45, 7) is 15.5. The molecule has 4 aromatic heterocycles. The number of Topliss-reactive ketones (excluding diaryl/α,β-unsaturated/α-hetero) is 2.